The highest BCUT2D eigenvalue weighted by molar-refractivity contribution is 6.00. The Kier molecular flexibility index (Phi) is 4.39. The normalized spacial score (nSPS) is 24.2. The van der Waals surface area contributed by atoms with Crippen LogP contribution in [0.1, 0.15) is 53.4 Å². The minimum atomic E-state index is -0.945. The molecule has 2 aromatic carbocycles. The molecule has 2 atom stereocenters. The second-order valence-electron chi connectivity index (χ2n) is 9.41. The van der Waals surface area contributed by atoms with Gasteiger partial charge >= 0.3 is 0 Å². The molecule has 2 aliphatic heterocycles. The zero-order valence-electron chi connectivity index (χ0n) is 18.1. The number of nitrogens with zero attached hydrogens (tertiary/aromatic N) is 3. The summed E-state index contributed by atoms with van der Waals surface area (Å²) in [6.07, 6.45) is 3.46. The third kappa shape index (κ3) is 2.90. The van der Waals surface area contributed by atoms with Gasteiger partial charge in [0.25, 0.3) is 5.91 Å². The number of pyridine rings is 1. The summed E-state index contributed by atoms with van der Waals surface area (Å²) in [5.41, 5.74) is 5.56. The highest BCUT2D eigenvalue weighted by atomic mass is 19.1. The van der Waals surface area contributed by atoms with Gasteiger partial charge in [0.2, 0.25) is 0 Å². The summed E-state index contributed by atoms with van der Waals surface area (Å²) in [5.74, 6) is -0.155. The monoisotopic (exact) mass is 431 g/mol. The molecule has 1 aromatic heterocycles. The minimum absolute atomic E-state index is 0.0366. The Labute approximate surface area is 186 Å². The third-order valence-corrected chi connectivity index (χ3v) is 7.52. The topological polar surface area (TPSA) is 56.7 Å². The molecule has 5 nitrogen and oxygen atoms in total. The highest BCUT2D eigenvalue weighted by Crippen LogP contribution is 2.59. The predicted octanol–water partition coefficient (Wildman–Crippen LogP) is 4.40. The summed E-state index contributed by atoms with van der Waals surface area (Å²) >= 11 is 0. The van der Waals surface area contributed by atoms with Crippen molar-refractivity contribution in [2.45, 2.75) is 43.6 Å². The van der Waals surface area contributed by atoms with Crippen LogP contribution in [0.15, 0.2) is 48.7 Å². The lowest BCUT2D eigenvalue weighted by Crippen LogP contribution is -2.40. The number of rotatable bonds is 2. The molecular weight excluding hydrogens is 405 g/mol. The summed E-state index contributed by atoms with van der Waals surface area (Å²) in [6, 6.07) is 14.1. The molecule has 1 N–H and O–H groups in total. The number of aliphatic hydroxyl groups is 1. The van der Waals surface area contributed by atoms with E-state index in [2.05, 4.69) is 16.0 Å². The molecule has 6 rings (SSSR count). The molecule has 1 spiro atoms. The van der Waals surface area contributed by atoms with Crippen molar-refractivity contribution in [3.05, 3.63) is 65.4 Å². The van der Waals surface area contributed by atoms with Gasteiger partial charge in [0, 0.05) is 34.8 Å². The molecule has 6 heteroatoms. The van der Waals surface area contributed by atoms with Gasteiger partial charge in [-0.3, -0.25) is 14.7 Å². The van der Waals surface area contributed by atoms with Gasteiger partial charge < -0.3 is 10.0 Å². The number of hydrogen-bond donors (Lipinski definition) is 1. The zero-order valence-corrected chi connectivity index (χ0v) is 18.1. The number of amides is 1. The number of fused-ring (bicyclic) bond motifs is 3. The maximum Gasteiger partial charge on any atom is 0.255 e. The SMILES string of the molecule is CN1C(O)c2ccc(-c3cccc4cc(C(=O)N5CCCC(F)C5)cnc34)cc2C12CC2. The molecule has 3 aliphatic rings. The molecule has 0 bridgehead atoms. The van der Waals surface area contributed by atoms with Crippen LogP contribution >= 0.6 is 0 Å². The van der Waals surface area contributed by atoms with Crippen molar-refractivity contribution in [1.82, 2.24) is 14.8 Å². The van der Waals surface area contributed by atoms with Crippen LogP contribution in [0.2, 0.25) is 0 Å². The molecule has 0 radical (unpaired) electrons. The van der Waals surface area contributed by atoms with E-state index in [0.717, 1.165) is 40.4 Å². The second-order valence-corrected chi connectivity index (χ2v) is 9.41. The molecule has 1 saturated carbocycles. The number of benzene rings is 2. The van der Waals surface area contributed by atoms with Gasteiger partial charge in [0.15, 0.2) is 0 Å². The summed E-state index contributed by atoms with van der Waals surface area (Å²) in [6.45, 7) is 0.753. The Morgan fingerprint density at radius 2 is 2.06 bits per heavy atom. The Hall–Kier alpha value is -2.83. The van der Waals surface area contributed by atoms with Crippen LogP contribution in [0.4, 0.5) is 4.39 Å². The smallest absolute Gasteiger partial charge is 0.255 e. The molecule has 2 fully saturated rings. The average Bonchev–Trinajstić information content (AvgIpc) is 3.60. The van der Waals surface area contributed by atoms with E-state index < -0.39 is 12.4 Å². The molecule has 32 heavy (non-hydrogen) atoms. The Morgan fingerprint density at radius 1 is 1.22 bits per heavy atom. The van der Waals surface area contributed by atoms with E-state index >= 15 is 0 Å². The number of piperidine rings is 1. The molecule has 1 saturated heterocycles. The van der Waals surface area contributed by atoms with Gasteiger partial charge in [0.05, 0.1) is 17.6 Å². The maximum atomic E-state index is 13.8. The first-order chi connectivity index (χ1) is 15.5. The summed E-state index contributed by atoms with van der Waals surface area (Å²) in [5, 5.41) is 11.5. The summed E-state index contributed by atoms with van der Waals surface area (Å²) in [7, 11) is 1.99. The van der Waals surface area contributed by atoms with Gasteiger partial charge in [-0.25, -0.2) is 4.39 Å². The van der Waals surface area contributed by atoms with Crippen molar-refractivity contribution in [1.29, 1.82) is 0 Å². The van der Waals surface area contributed by atoms with E-state index in [1.54, 1.807) is 11.1 Å². The molecule has 1 aliphatic carbocycles. The molecule has 3 aromatic rings. The van der Waals surface area contributed by atoms with E-state index in [0.29, 0.717) is 24.9 Å². The number of hydrogen-bond acceptors (Lipinski definition) is 4. The van der Waals surface area contributed by atoms with Crippen LogP contribution in [-0.4, -0.2) is 52.1 Å². The second kappa shape index (κ2) is 7.09. The third-order valence-electron chi connectivity index (χ3n) is 7.52. The first-order valence-corrected chi connectivity index (χ1v) is 11.4. The Balaban J connectivity index is 1.38. The van der Waals surface area contributed by atoms with E-state index in [1.807, 2.05) is 43.4 Å². The number of aromatic nitrogens is 1. The lowest BCUT2D eigenvalue weighted by atomic mass is 9.94. The summed E-state index contributed by atoms with van der Waals surface area (Å²) < 4.78 is 13.8. The largest absolute Gasteiger partial charge is 0.374 e. The molecule has 3 heterocycles. The van der Waals surface area contributed by atoms with Crippen molar-refractivity contribution in [3.63, 3.8) is 0 Å². The number of likely N-dealkylation sites (tertiary alicyclic amines) is 1. The van der Waals surface area contributed by atoms with E-state index in [9.17, 15) is 14.3 Å². The number of carbonyl (C=O) groups excluding carboxylic acids is 1. The number of carbonyl (C=O) groups is 1. The Bertz CT molecular complexity index is 1240. The van der Waals surface area contributed by atoms with E-state index in [1.165, 1.54) is 5.56 Å². The number of aliphatic hydroxyl groups excluding tert-OH is 1. The highest BCUT2D eigenvalue weighted by Gasteiger charge is 2.56. The van der Waals surface area contributed by atoms with Crippen molar-refractivity contribution in [3.8, 4) is 11.1 Å². The fourth-order valence-corrected chi connectivity index (χ4v) is 5.53. The predicted molar refractivity (Wildman–Crippen MR) is 121 cm³/mol. The molecule has 2 unspecified atom stereocenters. The minimum Gasteiger partial charge on any atom is -0.374 e. The standard InChI is InChI=1S/C26H26FN3O2/c1-29-25(32)21-8-7-16(13-22(21)26(29)9-10-26)20-6-2-4-17-12-18(14-28-23(17)20)24(31)30-11-3-5-19(27)15-30/h2,4,6-8,12-14,19,25,32H,3,5,9-11,15H2,1H3. The average molecular weight is 432 g/mol. The fourth-order valence-electron chi connectivity index (χ4n) is 5.53. The fraction of sp³-hybridized carbons (Fsp3) is 0.385. The van der Waals surface area contributed by atoms with E-state index in [-0.39, 0.29) is 18.0 Å². The van der Waals surface area contributed by atoms with Crippen LogP contribution < -0.4 is 0 Å². The van der Waals surface area contributed by atoms with Gasteiger partial charge in [-0.2, -0.15) is 0 Å². The quantitative estimate of drug-likeness (QED) is 0.653. The van der Waals surface area contributed by atoms with Crippen molar-refractivity contribution >= 4 is 16.8 Å². The van der Waals surface area contributed by atoms with Crippen LogP contribution in [0, 0.1) is 0 Å². The lowest BCUT2D eigenvalue weighted by molar-refractivity contribution is 0.00378. The van der Waals surface area contributed by atoms with Gasteiger partial charge in [0.1, 0.15) is 12.4 Å². The molecule has 1 amide bonds. The van der Waals surface area contributed by atoms with Crippen LogP contribution in [0.25, 0.3) is 22.0 Å². The maximum absolute atomic E-state index is 13.8. The number of para-hydroxylation sites is 1. The lowest BCUT2D eigenvalue weighted by Gasteiger charge is -2.29. The van der Waals surface area contributed by atoms with Gasteiger partial charge in [-0.15, -0.1) is 0 Å². The number of halogens is 1. The molecule has 164 valence electrons. The van der Waals surface area contributed by atoms with Crippen molar-refractivity contribution in [2.75, 3.05) is 20.1 Å². The van der Waals surface area contributed by atoms with E-state index in [4.69, 9.17) is 0 Å². The van der Waals surface area contributed by atoms with Crippen molar-refractivity contribution in [2.24, 2.45) is 0 Å². The van der Waals surface area contributed by atoms with Crippen LogP contribution in [0.3, 0.4) is 0 Å². The van der Waals surface area contributed by atoms with Gasteiger partial charge in [-0.1, -0.05) is 30.3 Å². The van der Waals surface area contributed by atoms with Gasteiger partial charge in [-0.05, 0) is 56.0 Å². The summed E-state index contributed by atoms with van der Waals surface area (Å²) in [4.78, 5) is 21.2. The Morgan fingerprint density at radius 3 is 2.84 bits per heavy atom. The van der Waals surface area contributed by atoms with Crippen molar-refractivity contribution < 1.29 is 14.3 Å². The first-order valence-electron chi connectivity index (χ1n) is 11.4. The van der Waals surface area contributed by atoms with Crippen LogP contribution in [-0.2, 0) is 5.54 Å². The zero-order chi connectivity index (χ0) is 22.0. The first kappa shape index (κ1) is 19.8. The molecular formula is C26H26FN3O2. The van der Waals surface area contributed by atoms with Crippen LogP contribution in [0.5, 0.6) is 0 Å². The number of alkyl halides is 1.